The van der Waals surface area contributed by atoms with Crippen LogP contribution in [0.3, 0.4) is 0 Å². The van der Waals surface area contributed by atoms with Crippen LogP contribution in [0.15, 0.2) is 24.3 Å². The molecule has 0 atom stereocenters. The first-order valence-electron chi connectivity index (χ1n) is 4.92. The Morgan fingerprint density at radius 3 is 2.53 bits per heavy atom. The molecule has 0 saturated carbocycles. The van der Waals surface area contributed by atoms with Crippen molar-refractivity contribution in [2.24, 2.45) is 0 Å². The smallest absolute Gasteiger partial charge is 0.0966 e. The van der Waals surface area contributed by atoms with E-state index in [0.717, 1.165) is 18.4 Å². The summed E-state index contributed by atoms with van der Waals surface area (Å²) in [6, 6.07) is 9.87. The maximum absolute atomic E-state index is 8.67. The highest BCUT2D eigenvalue weighted by Gasteiger charge is 1.92. The van der Waals surface area contributed by atoms with E-state index in [2.05, 4.69) is 11.8 Å². The number of aryl methyl sites for hydroxylation is 1. The molecule has 0 spiro atoms. The second-order valence-electron chi connectivity index (χ2n) is 3.16. The first-order chi connectivity index (χ1) is 7.36. The van der Waals surface area contributed by atoms with Crippen LogP contribution in [0.4, 0.5) is 0 Å². The predicted molar refractivity (Wildman–Crippen MR) is 59.0 cm³/mol. The Bertz CT molecular complexity index is 389. The van der Waals surface area contributed by atoms with Crippen molar-refractivity contribution >= 4 is 0 Å². The Morgan fingerprint density at radius 1 is 1.20 bits per heavy atom. The fourth-order valence-electron chi connectivity index (χ4n) is 1.22. The molecule has 1 aromatic rings. The number of benzene rings is 1. The van der Waals surface area contributed by atoms with Crippen LogP contribution in [0, 0.1) is 23.2 Å². The minimum absolute atomic E-state index is 0.226. The lowest BCUT2D eigenvalue weighted by Crippen LogP contribution is -1.89. The first kappa shape index (κ1) is 11.3. The van der Waals surface area contributed by atoms with Gasteiger partial charge in [0.2, 0.25) is 0 Å². The summed E-state index contributed by atoms with van der Waals surface area (Å²) in [5, 5.41) is 17.0. The molecule has 2 heteroatoms. The molecule has 0 amide bonds. The largest absolute Gasteiger partial charge is 0.396 e. The molecule has 1 rings (SSSR count). The number of hydrogen-bond donors (Lipinski definition) is 1. The van der Waals surface area contributed by atoms with Crippen LogP contribution >= 0.6 is 0 Å². The zero-order valence-corrected chi connectivity index (χ0v) is 8.53. The van der Waals surface area contributed by atoms with Crippen LogP contribution in [0.1, 0.15) is 24.0 Å². The third-order valence-corrected chi connectivity index (χ3v) is 1.98. The fourth-order valence-corrected chi connectivity index (χ4v) is 1.22. The number of nitriles is 1. The third-order valence-electron chi connectivity index (χ3n) is 1.98. The van der Waals surface area contributed by atoms with Gasteiger partial charge in [0.25, 0.3) is 0 Å². The molecule has 2 nitrogen and oxygen atoms in total. The quantitative estimate of drug-likeness (QED) is 0.755. The van der Waals surface area contributed by atoms with E-state index in [1.807, 2.05) is 30.3 Å². The molecule has 0 unspecified atom stereocenters. The maximum atomic E-state index is 8.67. The van der Waals surface area contributed by atoms with E-state index < -0.39 is 0 Å². The molecule has 0 fully saturated rings. The van der Waals surface area contributed by atoms with Crippen LogP contribution in [0.5, 0.6) is 0 Å². The number of aliphatic hydroxyl groups excluding tert-OH is 1. The summed E-state index contributed by atoms with van der Waals surface area (Å²) in [5.74, 6) is 5.67. The summed E-state index contributed by atoms with van der Waals surface area (Å²) in [4.78, 5) is 0. The van der Waals surface area contributed by atoms with E-state index in [1.165, 1.54) is 5.56 Å². The van der Waals surface area contributed by atoms with Gasteiger partial charge in [-0.05, 0) is 30.5 Å². The molecule has 15 heavy (non-hydrogen) atoms. The van der Waals surface area contributed by atoms with Crippen LogP contribution in [0.25, 0.3) is 0 Å². The fraction of sp³-hybridized carbons (Fsp3) is 0.308. The van der Waals surface area contributed by atoms with Crippen molar-refractivity contribution in [3.05, 3.63) is 35.4 Å². The topological polar surface area (TPSA) is 44.0 Å². The van der Waals surface area contributed by atoms with Crippen LogP contribution in [0.2, 0.25) is 0 Å². The summed E-state index contributed by atoms with van der Waals surface area (Å²) < 4.78 is 0. The molecule has 76 valence electrons. The van der Waals surface area contributed by atoms with Gasteiger partial charge in [-0.2, -0.15) is 5.26 Å². The molecule has 0 radical (unpaired) electrons. The number of aliphatic hydroxyl groups is 1. The van der Waals surface area contributed by atoms with E-state index in [4.69, 9.17) is 10.4 Å². The minimum Gasteiger partial charge on any atom is -0.396 e. The van der Waals surface area contributed by atoms with Gasteiger partial charge in [-0.3, -0.25) is 0 Å². The van der Waals surface area contributed by atoms with Crippen molar-refractivity contribution in [1.29, 1.82) is 5.26 Å². The molecular weight excluding hydrogens is 186 g/mol. The van der Waals surface area contributed by atoms with E-state index >= 15 is 0 Å². The third kappa shape index (κ3) is 4.31. The van der Waals surface area contributed by atoms with Crippen molar-refractivity contribution < 1.29 is 5.11 Å². The van der Waals surface area contributed by atoms with Gasteiger partial charge in [-0.25, -0.2) is 0 Å². The van der Waals surface area contributed by atoms with Crippen molar-refractivity contribution in [2.45, 2.75) is 19.3 Å². The van der Waals surface area contributed by atoms with Gasteiger partial charge in [0.1, 0.15) is 0 Å². The zero-order chi connectivity index (χ0) is 10.9. The van der Waals surface area contributed by atoms with Gasteiger partial charge in [-0.1, -0.05) is 24.0 Å². The summed E-state index contributed by atoms with van der Waals surface area (Å²) >= 11 is 0. The second kappa shape index (κ2) is 6.65. The van der Waals surface area contributed by atoms with E-state index in [-0.39, 0.29) is 13.0 Å². The highest BCUT2D eigenvalue weighted by molar-refractivity contribution is 5.36. The molecule has 0 aromatic heterocycles. The SMILES string of the molecule is N#CCC#Cc1ccc(CCCO)cc1. The Hall–Kier alpha value is -1.77. The minimum atomic E-state index is 0.226. The van der Waals surface area contributed by atoms with Crippen molar-refractivity contribution in [3.8, 4) is 17.9 Å². The Balaban J connectivity index is 2.58. The highest BCUT2D eigenvalue weighted by Crippen LogP contribution is 2.05. The molecule has 1 N–H and O–H groups in total. The highest BCUT2D eigenvalue weighted by atomic mass is 16.2. The first-order valence-corrected chi connectivity index (χ1v) is 4.92. The monoisotopic (exact) mass is 199 g/mol. The molecule has 0 aliphatic heterocycles. The van der Waals surface area contributed by atoms with E-state index in [0.29, 0.717) is 0 Å². The van der Waals surface area contributed by atoms with Crippen LogP contribution in [-0.2, 0) is 6.42 Å². The van der Waals surface area contributed by atoms with Crippen LogP contribution < -0.4 is 0 Å². The van der Waals surface area contributed by atoms with Crippen molar-refractivity contribution in [2.75, 3.05) is 6.61 Å². The van der Waals surface area contributed by atoms with E-state index in [9.17, 15) is 0 Å². The number of hydrogen-bond acceptors (Lipinski definition) is 2. The summed E-state index contributed by atoms with van der Waals surface area (Å²) in [5.41, 5.74) is 2.13. The van der Waals surface area contributed by atoms with Gasteiger partial charge in [0.15, 0.2) is 0 Å². The average molecular weight is 199 g/mol. The molecule has 0 saturated heterocycles. The normalized spacial score (nSPS) is 8.80. The van der Waals surface area contributed by atoms with Gasteiger partial charge in [0.05, 0.1) is 12.5 Å². The summed E-state index contributed by atoms with van der Waals surface area (Å²) in [6.45, 7) is 0.226. The van der Waals surface area contributed by atoms with Gasteiger partial charge >= 0.3 is 0 Å². The second-order valence-corrected chi connectivity index (χ2v) is 3.16. The predicted octanol–water partition coefficient (Wildman–Crippen LogP) is 1.88. The summed E-state index contributed by atoms with van der Waals surface area (Å²) in [7, 11) is 0. The molecule has 0 aliphatic rings. The number of nitrogens with zero attached hydrogens (tertiary/aromatic N) is 1. The number of rotatable bonds is 3. The average Bonchev–Trinajstić information content (AvgIpc) is 2.28. The maximum Gasteiger partial charge on any atom is 0.0966 e. The zero-order valence-electron chi connectivity index (χ0n) is 8.53. The Labute approximate surface area is 90.2 Å². The van der Waals surface area contributed by atoms with Crippen molar-refractivity contribution in [1.82, 2.24) is 0 Å². The molecule has 0 heterocycles. The van der Waals surface area contributed by atoms with Gasteiger partial charge in [-0.15, -0.1) is 0 Å². The Morgan fingerprint density at radius 2 is 1.93 bits per heavy atom. The lowest BCUT2D eigenvalue weighted by atomic mass is 10.1. The lowest BCUT2D eigenvalue weighted by molar-refractivity contribution is 0.288. The molecule has 0 bridgehead atoms. The standard InChI is InChI=1S/C13H13NO/c14-10-2-1-4-12-6-8-13(9-7-12)5-3-11-15/h6-9,15H,2-3,5,11H2. The van der Waals surface area contributed by atoms with Gasteiger partial charge in [0, 0.05) is 12.2 Å². The van der Waals surface area contributed by atoms with Crippen LogP contribution in [-0.4, -0.2) is 11.7 Å². The Kier molecular flexibility index (Phi) is 5.01. The van der Waals surface area contributed by atoms with E-state index in [1.54, 1.807) is 0 Å². The molecule has 0 aliphatic carbocycles. The van der Waals surface area contributed by atoms with Gasteiger partial charge < -0.3 is 5.11 Å². The lowest BCUT2D eigenvalue weighted by Gasteiger charge is -1.98. The molecule has 1 aromatic carbocycles. The molecular formula is C13H13NO. The summed E-state index contributed by atoms with van der Waals surface area (Å²) in [6.07, 6.45) is 1.95. The van der Waals surface area contributed by atoms with Crippen molar-refractivity contribution in [3.63, 3.8) is 0 Å².